The van der Waals surface area contributed by atoms with E-state index in [1.165, 1.54) is 0 Å². The van der Waals surface area contributed by atoms with Gasteiger partial charge in [-0.2, -0.15) is 0 Å². The summed E-state index contributed by atoms with van der Waals surface area (Å²) < 4.78 is 5.46. The molecule has 1 fully saturated rings. The second-order valence-electron chi connectivity index (χ2n) is 5.32. The number of hydroxylamine groups is 1. The van der Waals surface area contributed by atoms with E-state index >= 15 is 0 Å². The summed E-state index contributed by atoms with van der Waals surface area (Å²) in [5.41, 5.74) is 3.67. The van der Waals surface area contributed by atoms with Gasteiger partial charge < -0.3 is 20.2 Å². The van der Waals surface area contributed by atoms with Gasteiger partial charge in [-0.25, -0.2) is 5.48 Å². The molecule has 130 valence electrons. The topological polar surface area (TPSA) is 101 Å². The molecule has 1 aromatic carbocycles. The highest BCUT2D eigenvalue weighted by atomic mass is 16.7. The maximum absolute atomic E-state index is 12.2. The van der Waals surface area contributed by atoms with Gasteiger partial charge in [-0.05, 0) is 12.1 Å². The molecule has 0 spiro atoms. The molecule has 24 heavy (non-hydrogen) atoms. The summed E-state index contributed by atoms with van der Waals surface area (Å²) in [4.78, 5) is 30.9. The molecule has 0 bridgehead atoms. The molecule has 1 aromatic rings. The van der Waals surface area contributed by atoms with Crippen molar-refractivity contribution < 1.29 is 19.2 Å². The van der Waals surface area contributed by atoms with Gasteiger partial charge in [0.1, 0.15) is 0 Å². The molecule has 0 radical (unpaired) electrons. The minimum atomic E-state index is -0.141. The molecule has 1 heterocycles. The number of carbonyl (C=O) groups excluding carboxylic acids is 2. The zero-order valence-corrected chi connectivity index (χ0v) is 13.6. The number of aliphatic imine (C=N–C) groups is 1. The number of amidine groups is 1. The van der Waals surface area contributed by atoms with Crippen LogP contribution in [0, 0.1) is 5.92 Å². The van der Waals surface area contributed by atoms with Crippen LogP contribution in [0.25, 0.3) is 0 Å². The monoisotopic (exact) mass is 334 g/mol. The second kappa shape index (κ2) is 9.64. The van der Waals surface area contributed by atoms with Crippen molar-refractivity contribution in [2.45, 2.75) is 0 Å². The van der Waals surface area contributed by atoms with Crippen molar-refractivity contribution >= 4 is 18.2 Å². The molecule has 0 aliphatic carbocycles. The predicted octanol–water partition coefficient (Wildman–Crippen LogP) is -0.294. The molecular formula is C16H22N4O4. The van der Waals surface area contributed by atoms with Gasteiger partial charge in [-0.15, -0.1) is 0 Å². The average Bonchev–Trinajstić information content (AvgIpc) is 2.89. The zero-order valence-electron chi connectivity index (χ0n) is 13.6. The lowest BCUT2D eigenvalue weighted by Gasteiger charge is -2.14. The summed E-state index contributed by atoms with van der Waals surface area (Å²) in [5.74, 6) is 0.521. The Labute approximate surface area is 140 Å². The molecule has 1 aliphatic rings. The van der Waals surface area contributed by atoms with Crippen molar-refractivity contribution in [3.05, 3.63) is 35.4 Å². The number of carbonyl (C=O) groups is 2. The number of rotatable bonds is 6. The smallest absolute Gasteiger partial charge is 0.320 e. The third kappa shape index (κ3) is 5.32. The average molecular weight is 334 g/mol. The van der Waals surface area contributed by atoms with Crippen molar-refractivity contribution in [3.8, 4) is 0 Å². The summed E-state index contributed by atoms with van der Waals surface area (Å²) in [5, 5.41) is 6.19. The predicted molar refractivity (Wildman–Crippen MR) is 88.7 cm³/mol. The molecular weight excluding hydrogens is 312 g/mol. The van der Waals surface area contributed by atoms with E-state index in [9.17, 15) is 9.59 Å². The van der Waals surface area contributed by atoms with Gasteiger partial charge in [0.15, 0.2) is 5.84 Å². The van der Waals surface area contributed by atoms with Crippen LogP contribution in [-0.2, 0) is 14.4 Å². The number of amides is 1. The Morgan fingerprint density at radius 2 is 2.17 bits per heavy atom. The summed E-state index contributed by atoms with van der Waals surface area (Å²) in [7, 11) is 1.57. The number of ether oxygens (including phenoxy) is 1. The lowest BCUT2D eigenvalue weighted by molar-refractivity contribution is -0.132. The summed E-state index contributed by atoms with van der Waals surface area (Å²) in [6.45, 7) is 3.86. The summed E-state index contributed by atoms with van der Waals surface area (Å²) >= 11 is 0. The fourth-order valence-corrected chi connectivity index (χ4v) is 2.32. The first-order chi connectivity index (χ1) is 11.7. The number of hydrogen-bond donors (Lipinski definition) is 3. The largest absolute Gasteiger partial charge is 0.380 e. The number of nitrogens with one attached hydrogen (secondary N) is 3. The van der Waals surface area contributed by atoms with Crippen LogP contribution in [0.5, 0.6) is 0 Å². The molecule has 1 unspecified atom stereocenters. The van der Waals surface area contributed by atoms with E-state index in [-0.39, 0.29) is 18.3 Å². The second-order valence-corrected chi connectivity index (χ2v) is 5.32. The molecule has 1 atom stereocenters. The van der Waals surface area contributed by atoms with Crippen LogP contribution in [-0.4, -0.2) is 58.1 Å². The first-order valence-corrected chi connectivity index (χ1v) is 7.73. The van der Waals surface area contributed by atoms with Gasteiger partial charge in [0.05, 0.1) is 13.2 Å². The SMILES string of the molecule is CN=C(NOC=O)c1ccc(C(=O)NCC2CNCCOC2)cc1. The van der Waals surface area contributed by atoms with Crippen molar-refractivity contribution in [1.82, 2.24) is 16.1 Å². The number of hydrogen-bond acceptors (Lipinski definition) is 6. The van der Waals surface area contributed by atoms with Crippen molar-refractivity contribution in [2.24, 2.45) is 10.9 Å². The molecule has 0 saturated carbocycles. The van der Waals surface area contributed by atoms with Crippen LogP contribution in [0.4, 0.5) is 0 Å². The molecule has 1 amide bonds. The van der Waals surface area contributed by atoms with E-state index in [1.807, 2.05) is 0 Å². The van der Waals surface area contributed by atoms with E-state index in [0.29, 0.717) is 36.7 Å². The molecule has 8 heteroatoms. The quantitative estimate of drug-likeness (QED) is 0.286. The standard InChI is InChI=1S/C16H22N4O4/c1-17-15(20-24-11-21)13-2-4-14(5-3-13)16(22)19-9-12-8-18-6-7-23-10-12/h2-5,11-12,18H,6-10H2,1H3,(H,17,20)(H,19,22). The summed E-state index contributed by atoms with van der Waals surface area (Å²) in [6.07, 6.45) is 0. The Kier molecular flexibility index (Phi) is 7.19. The Hall–Kier alpha value is -2.45. The van der Waals surface area contributed by atoms with Gasteiger partial charge >= 0.3 is 6.47 Å². The highest BCUT2D eigenvalue weighted by Gasteiger charge is 2.14. The fraction of sp³-hybridized carbons (Fsp3) is 0.438. The highest BCUT2D eigenvalue weighted by Crippen LogP contribution is 2.06. The lowest BCUT2D eigenvalue weighted by Crippen LogP contribution is -2.35. The van der Waals surface area contributed by atoms with E-state index in [1.54, 1.807) is 31.3 Å². The van der Waals surface area contributed by atoms with E-state index in [0.717, 1.165) is 13.1 Å². The van der Waals surface area contributed by atoms with Gasteiger partial charge in [0, 0.05) is 43.7 Å². The molecule has 3 N–H and O–H groups in total. The van der Waals surface area contributed by atoms with E-state index in [2.05, 4.69) is 25.9 Å². The molecule has 0 aromatic heterocycles. The van der Waals surface area contributed by atoms with E-state index < -0.39 is 0 Å². The van der Waals surface area contributed by atoms with Crippen LogP contribution < -0.4 is 16.1 Å². The molecule has 2 rings (SSSR count). The number of nitrogens with zero attached hydrogens (tertiary/aromatic N) is 1. The zero-order chi connectivity index (χ0) is 17.2. The molecule has 1 aliphatic heterocycles. The fourth-order valence-electron chi connectivity index (χ4n) is 2.32. The number of benzene rings is 1. The molecule has 8 nitrogen and oxygen atoms in total. The Morgan fingerprint density at radius 1 is 1.42 bits per heavy atom. The van der Waals surface area contributed by atoms with Crippen molar-refractivity contribution in [1.29, 1.82) is 0 Å². The van der Waals surface area contributed by atoms with Crippen LogP contribution in [0.1, 0.15) is 15.9 Å². The maximum atomic E-state index is 12.2. The highest BCUT2D eigenvalue weighted by molar-refractivity contribution is 6.00. The minimum absolute atomic E-state index is 0.141. The lowest BCUT2D eigenvalue weighted by atomic mass is 10.1. The first kappa shape index (κ1) is 17.9. The van der Waals surface area contributed by atoms with Crippen LogP contribution in [0.3, 0.4) is 0 Å². The van der Waals surface area contributed by atoms with Gasteiger partial charge in [-0.3, -0.25) is 14.6 Å². The van der Waals surface area contributed by atoms with Crippen molar-refractivity contribution in [3.63, 3.8) is 0 Å². The maximum Gasteiger partial charge on any atom is 0.320 e. The third-order valence-corrected chi connectivity index (χ3v) is 3.61. The van der Waals surface area contributed by atoms with Crippen molar-refractivity contribution in [2.75, 3.05) is 39.9 Å². The first-order valence-electron chi connectivity index (χ1n) is 7.73. The Balaban J connectivity index is 1.89. The third-order valence-electron chi connectivity index (χ3n) is 3.61. The molecule has 1 saturated heterocycles. The normalized spacial score (nSPS) is 18.4. The van der Waals surface area contributed by atoms with Gasteiger partial charge in [0.25, 0.3) is 5.91 Å². The van der Waals surface area contributed by atoms with Crippen LogP contribution >= 0.6 is 0 Å². The van der Waals surface area contributed by atoms with Crippen LogP contribution in [0.15, 0.2) is 29.3 Å². The minimum Gasteiger partial charge on any atom is -0.380 e. The summed E-state index contributed by atoms with van der Waals surface area (Å²) in [6, 6.07) is 6.85. The van der Waals surface area contributed by atoms with Crippen LogP contribution in [0.2, 0.25) is 0 Å². The van der Waals surface area contributed by atoms with Gasteiger partial charge in [0.2, 0.25) is 0 Å². The van der Waals surface area contributed by atoms with Gasteiger partial charge in [-0.1, -0.05) is 12.1 Å². The van der Waals surface area contributed by atoms with E-state index in [4.69, 9.17) is 4.74 Å². The Morgan fingerprint density at radius 3 is 2.88 bits per heavy atom. The Bertz CT molecular complexity index is 566.